The van der Waals surface area contributed by atoms with Crippen LogP contribution in [0.5, 0.6) is 80.5 Å². The highest BCUT2D eigenvalue weighted by Gasteiger charge is 2.23. The summed E-state index contributed by atoms with van der Waals surface area (Å²) in [7, 11) is 2.88. The van der Waals surface area contributed by atoms with Gasteiger partial charge < -0.3 is 98.6 Å². The third-order valence-electron chi connectivity index (χ3n) is 13.5. The van der Waals surface area contributed by atoms with E-state index in [-0.39, 0.29) is 132 Å². The van der Waals surface area contributed by atoms with Gasteiger partial charge >= 0.3 is 0 Å². The number of phenolic OH excluding ortho intramolecular Hbond substituents is 9. The number of hydrogen-bond acceptors (Lipinski definition) is 24. The quantitative estimate of drug-likeness (QED) is 0.0629. The van der Waals surface area contributed by atoms with Crippen LogP contribution in [-0.4, -0.2) is 85.7 Å². The summed E-state index contributed by atoms with van der Waals surface area (Å²) in [6, 6.07) is 32.0. The van der Waals surface area contributed by atoms with E-state index in [1.165, 1.54) is 111 Å². The Morgan fingerprint density at radius 2 is 0.809 bits per heavy atom. The van der Waals surface area contributed by atoms with Gasteiger partial charge in [0.1, 0.15) is 84.5 Å². The molecule has 14 N–H and O–H groups in total. The van der Waals surface area contributed by atoms with E-state index < -0.39 is 50.5 Å². The Morgan fingerprint density at radius 1 is 0.360 bits per heavy atom. The van der Waals surface area contributed by atoms with Gasteiger partial charge in [-0.1, -0.05) is 12.1 Å². The van der Waals surface area contributed by atoms with Crippen molar-refractivity contribution in [2.45, 2.75) is 20.1 Å². The number of phenols is 9. The Morgan fingerprint density at radius 3 is 1.35 bits per heavy atom. The van der Waals surface area contributed by atoms with Gasteiger partial charge in [-0.2, -0.15) is 0 Å². The minimum atomic E-state index is -0.805. The number of fused-ring (bicyclic) bond motifs is 4. The van der Waals surface area contributed by atoms with Crippen molar-refractivity contribution in [2.24, 2.45) is 0 Å². The second-order valence-electron chi connectivity index (χ2n) is 19.4. The van der Waals surface area contributed by atoms with Crippen LogP contribution in [0.4, 0.5) is 0 Å². The molecule has 0 aliphatic rings. The Balaban J connectivity index is 0.000000141. The molecule has 0 saturated heterocycles. The number of aliphatic hydroxyl groups is 2. The number of ether oxygens (including phenoxy) is 2. The first-order valence-electron chi connectivity index (χ1n) is 26.0. The monoisotopic (exact) mass is 1210 g/mol. The molecule has 0 saturated carbocycles. The van der Waals surface area contributed by atoms with Crippen LogP contribution in [0, 0.1) is 6.92 Å². The zero-order valence-corrected chi connectivity index (χ0v) is 46.5. The molecule has 454 valence electrons. The van der Waals surface area contributed by atoms with Crippen LogP contribution in [0.2, 0.25) is 0 Å². The van der Waals surface area contributed by atoms with Gasteiger partial charge in [-0.25, -0.2) is 0 Å². The van der Waals surface area contributed by atoms with Crippen molar-refractivity contribution < 1.29 is 98.6 Å². The maximum absolute atomic E-state index is 12.4. The van der Waals surface area contributed by atoms with E-state index in [2.05, 4.69) is 0 Å². The normalized spacial score (nSPS) is 10.9. The number of hydrogen-bond donors (Lipinski definition) is 14. The van der Waals surface area contributed by atoms with Crippen molar-refractivity contribution >= 4 is 43.9 Å². The van der Waals surface area contributed by atoms with Crippen molar-refractivity contribution in [3.8, 4) is 126 Å². The summed E-state index contributed by atoms with van der Waals surface area (Å²) in [5.41, 5.74) is 0.888. The molecule has 89 heavy (non-hydrogen) atoms. The number of aryl methyl sites for hydroxylation is 1. The van der Waals surface area contributed by atoms with Gasteiger partial charge in [0, 0.05) is 46.5 Å². The third-order valence-corrected chi connectivity index (χ3v) is 13.5. The summed E-state index contributed by atoms with van der Waals surface area (Å²) < 4.78 is 32.4. The summed E-state index contributed by atoms with van der Waals surface area (Å²) >= 11 is 0. The highest BCUT2D eigenvalue weighted by Crippen LogP contribution is 2.40. The van der Waals surface area contributed by atoms with Gasteiger partial charge in [0.05, 0.1) is 32.8 Å². The number of methoxy groups -OCH3 is 2. The zero-order valence-electron chi connectivity index (χ0n) is 46.5. The predicted octanol–water partition coefficient (Wildman–Crippen LogP) is 9.62. The maximum Gasteiger partial charge on any atom is 0.238 e. The number of benzene rings is 8. The average Bonchev–Trinajstić information content (AvgIpc) is 1.33. The van der Waals surface area contributed by atoms with Crippen molar-refractivity contribution in [1.82, 2.24) is 0 Å². The summed E-state index contributed by atoms with van der Waals surface area (Å²) in [4.78, 5) is 48.9. The molecule has 0 spiro atoms. The van der Waals surface area contributed by atoms with Gasteiger partial charge in [0.25, 0.3) is 0 Å². The Kier molecular flexibility index (Phi) is 17.3. The fraction of sp³-hybridized carbons (Fsp3) is 0.0769. The van der Waals surface area contributed by atoms with Crippen LogP contribution in [0.1, 0.15) is 16.7 Å². The second-order valence-corrected chi connectivity index (χ2v) is 19.4. The first-order valence-corrected chi connectivity index (χ1v) is 26.0. The van der Waals surface area contributed by atoms with Crippen molar-refractivity contribution in [1.29, 1.82) is 0 Å². The first-order chi connectivity index (χ1) is 42.4. The molecule has 24 heteroatoms. The Labute approximate surface area is 498 Å². The smallest absolute Gasteiger partial charge is 0.238 e. The van der Waals surface area contributed by atoms with Gasteiger partial charge in [-0.3, -0.25) is 19.2 Å². The van der Waals surface area contributed by atoms with E-state index in [0.717, 1.165) is 17.7 Å². The van der Waals surface area contributed by atoms with Crippen LogP contribution < -0.4 is 31.2 Å². The molecule has 4 aromatic heterocycles. The summed E-state index contributed by atoms with van der Waals surface area (Å²) in [5, 5.41) is 135. The number of rotatable bonds is 8. The topological polar surface area (TPSA) is 423 Å². The van der Waals surface area contributed by atoms with E-state index in [1.807, 2.05) is 6.92 Å². The lowest BCUT2D eigenvalue weighted by Gasteiger charge is -2.10. The zero-order chi connectivity index (χ0) is 64.3. The van der Waals surface area contributed by atoms with Crippen molar-refractivity contribution in [2.75, 3.05) is 14.2 Å². The van der Waals surface area contributed by atoms with Crippen LogP contribution in [0.3, 0.4) is 0 Å². The molecule has 0 atom stereocenters. The average molecular weight is 1220 g/mol. The molecule has 0 bridgehead atoms. The molecule has 0 aliphatic heterocycles. The lowest BCUT2D eigenvalue weighted by molar-refractivity contribution is 0.281. The summed E-state index contributed by atoms with van der Waals surface area (Å²) in [5.74, 6) is -3.31. The van der Waals surface area contributed by atoms with Gasteiger partial charge in [0.2, 0.25) is 33.5 Å². The highest BCUT2D eigenvalue weighted by atomic mass is 16.5. The van der Waals surface area contributed by atoms with E-state index in [1.54, 1.807) is 30.3 Å². The van der Waals surface area contributed by atoms with E-state index in [4.69, 9.17) is 27.1 Å². The molecule has 0 aliphatic carbocycles. The second kappa shape index (κ2) is 25.1. The third kappa shape index (κ3) is 12.5. The molecule has 12 rings (SSSR count). The minimum Gasteiger partial charge on any atom is -0.508 e. The molecule has 0 fully saturated rings. The fourth-order valence-corrected chi connectivity index (χ4v) is 9.10. The molecule has 0 unspecified atom stereocenters. The van der Waals surface area contributed by atoms with Gasteiger partial charge in [0.15, 0.2) is 45.7 Å². The largest absolute Gasteiger partial charge is 0.508 e. The van der Waals surface area contributed by atoms with Crippen LogP contribution in [-0.2, 0) is 13.2 Å². The predicted molar refractivity (Wildman–Crippen MR) is 321 cm³/mol. The fourth-order valence-electron chi connectivity index (χ4n) is 9.10. The molecule has 0 radical (unpaired) electrons. The van der Waals surface area contributed by atoms with Gasteiger partial charge in [-0.05, 0) is 127 Å². The SMILES string of the molecule is COc1cc(-c2oc3cc(CO)cc(O)c3c(=O)c2O)ccc1C.COc1cc(-c2oc3cc(CO)cc(O)c3c(=O)c2O)ccc1O.O=c1c(O)c(-c2ccc(O)c(O)c2)oc2cc(O)ccc12.O=c1cc(-c2ccc(O)cc2)oc2cc(O)cc(O)c12. The molecule has 12 aromatic rings. The number of aliphatic hydroxyl groups excluding tert-OH is 2. The van der Waals surface area contributed by atoms with Crippen molar-refractivity contribution in [3.05, 3.63) is 197 Å². The molecular formula is C65H50O24. The lowest BCUT2D eigenvalue weighted by Crippen LogP contribution is -2.04. The van der Waals surface area contributed by atoms with Crippen molar-refractivity contribution in [3.63, 3.8) is 0 Å². The number of aromatic hydroxyl groups is 12. The molecular weight excluding hydrogens is 1160 g/mol. The van der Waals surface area contributed by atoms with Gasteiger partial charge in [-0.15, -0.1) is 0 Å². The first kappa shape index (κ1) is 61.3. The van der Waals surface area contributed by atoms with E-state index in [9.17, 15) is 90.7 Å². The van der Waals surface area contributed by atoms with E-state index in [0.29, 0.717) is 33.6 Å². The van der Waals surface area contributed by atoms with Crippen LogP contribution in [0.25, 0.3) is 89.2 Å². The van der Waals surface area contributed by atoms with Crippen LogP contribution in [0.15, 0.2) is 176 Å². The van der Waals surface area contributed by atoms with E-state index >= 15 is 0 Å². The highest BCUT2D eigenvalue weighted by molar-refractivity contribution is 5.90. The lowest BCUT2D eigenvalue weighted by atomic mass is 10.1. The van der Waals surface area contributed by atoms with Crippen LogP contribution >= 0.6 is 0 Å². The molecule has 0 amide bonds. The summed E-state index contributed by atoms with van der Waals surface area (Å²) in [6.07, 6.45) is 0. The maximum atomic E-state index is 12.4. The summed E-state index contributed by atoms with van der Waals surface area (Å²) in [6.45, 7) is 1.20. The Bertz CT molecular complexity index is 4820. The standard InChI is InChI=1S/C18H16O6.C17H14O7.C15H10O6.C15H10O5/c1-9-3-4-11(7-13(9)23-2)18-17(22)16(21)15-12(20)5-10(8-19)6-14(15)24-18;1-23-12-6-9(2-3-10(12)19)17-16(22)15(21)14-11(20)4-8(7-18)5-13(14)24-17;16-8-2-3-9-12(6-8)21-15(14(20)13(9)19)7-1-4-10(17)11(18)5-7;16-9-3-1-8(2-4-9)13-7-12(19)15-11(18)5-10(17)6-14(15)20-13/h3-7,19-20,22H,8H2,1-2H3;2-6,18-20,22H,7H2,1H3;1-6,16-18,20H;1-7,16-18H. The molecule has 4 heterocycles. The minimum absolute atomic E-state index is 0.0175. The molecule has 24 nitrogen and oxygen atoms in total. The Hall–Kier alpha value is -12.3. The molecule has 8 aromatic carbocycles.